The predicted molar refractivity (Wildman–Crippen MR) is 73.5 cm³/mol. The largest absolute Gasteiger partial charge is 0.250 e. The van der Waals surface area contributed by atoms with Crippen LogP contribution in [0.1, 0.15) is 35.1 Å². The third kappa shape index (κ3) is 1.85. The second kappa shape index (κ2) is 4.76. The molecule has 2 rings (SSSR count). The van der Waals surface area contributed by atoms with Crippen LogP contribution in [0.2, 0.25) is 0 Å². The molecule has 0 bridgehead atoms. The normalized spacial score (nSPS) is 11.2. The predicted octanol–water partition coefficient (Wildman–Crippen LogP) is 2.83. The molecule has 0 aromatic carbocycles. The van der Waals surface area contributed by atoms with E-state index in [0.717, 1.165) is 29.2 Å². The average Bonchev–Trinajstić information content (AvgIpc) is 2.75. The lowest BCUT2D eigenvalue weighted by atomic mass is 10.1. The van der Waals surface area contributed by atoms with Crippen LogP contribution in [0.4, 0.5) is 0 Å². The first-order chi connectivity index (χ1) is 8.51. The lowest BCUT2D eigenvalue weighted by molar-refractivity contribution is 0.680. The molecule has 2 heterocycles. The zero-order chi connectivity index (χ0) is 13.4. The molecule has 0 radical (unpaired) electrons. The molecule has 2 aromatic heterocycles. The zero-order valence-electron chi connectivity index (χ0n) is 11.6. The molecule has 0 aliphatic heterocycles. The standard InChI is InChI=1S/C13H19ClN4/c1-6-11-8(2)16-18(10(11)4)13-12(7-14)9(3)15-17(13)5/h6-7H2,1-5H3. The minimum absolute atomic E-state index is 0.453. The summed E-state index contributed by atoms with van der Waals surface area (Å²) in [6.07, 6.45) is 0.991. The van der Waals surface area contributed by atoms with Crippen LogP contribution in [0.3, 0.4) is 0 Å². The van der Waals surface area contributed by atoms with Crippen molar-refractivity contribution in [3.63, 3.8) is 0 Å². The van der Waals surface area contributed by atoms with Gasteiger partial charge in [0.05, 0.1) is 17.3 Å². The molecule has 4 nitrogen and oxygen atoms in total. The second-order valence-corrected chi connectivity index (χ2v) is 4.83. The van der Waals surface area contributed by atoms with Crippen LogP contribution in [-0.4, -0.2) is 19.6 Å². The van der Waals surface area contributed by atoms with E-state index in [4.69, 9.17) is 11.6 Å². The summed E-state index contributed by atoms with van der Waals surface area (Å²) >= 11 is 6.04. The van der Waals surface area contributed by atoms with E-state index >= 15 is 0 Å². The highest BCUT2D eigenvalue weighted by Gasteiger charge is 2.19. The van der Waals surface area contributed by atoms with E-state index in [2.05, 4.69) is 24.0 Å². The fourth-order valence-corrected chi connectivity index (χ4v) is 2.82. The Morgan fingerprint density at radius 2 is 1.67 bits per heavy atom. The summed E-state index contributed by atoms with van der Waals surface area (Å²) < 4.78 is 3.82. The van der Waals surface area contributed by atoms with Gasteiger partial charge >= 0.3 is 0 Å². The smallest absolute Gasteiger partial charge is 0.156 e. The second-order valence-electron chi connectivity index (χ2n) is 4.56. The molecule has 2 aromatic rings. The van der Waals surface area contributed by atoms with Crippen molar-refractivity contribution in [2.24, 2.45) is 7.05 Å². The van der Waals surface area contributed by atoms with E-state index in [1.807, 2.05) is 30.3 Å². The first-order valence-corrected chi connectivity index (χ1v) is 6.68. The van der Waals surface area contributed by atoms with E-state index in [9.17, 15) is 0 Å². The summed E-state index contributed by atoms with van der Waals surface area (Å²) in [4.78, 5) is 0. The highest BCUT2D eigenvalue weighted by molar-refractivity contribution is 6.17. The van der Waals surface area contributed by atoms with Gasteiger partial charge in [-0.25, -0.2) is 4.68 Å². The number of aromatic nitrogens is 4. The molecule has 5 heteroatoms. The summed E-state index contributed by atoms with van der Waals surface area (Å²) in [6.45, 7) is 8.27. The lowest BCUT2D eigenvalue weighted by Gasteiger charge is -2.07. The van der Waals surface area contributed by atoms with E-state index in [1.54, 1.807) is 0 Å². The number of aryl methyl sites for hydroxylation is 3. The van der Waals surface area contributed by atoms with Crippen molar-refractivity contribution in [3.05, 3.63) is 28.2 Å². The zero-order valence-corrected chi connectivity index (χ0v) is 12.3. The molecule has 0 amide bonds. The van der Waals surface area contributed by atoms with Crippen molar-refractivity contribution >= 4 is 11.6 Å². The van der Waals surface area contributed by atoms with Gasteiger partial charge in [0.25, 0.3) is 0 Å². The minimum Gasteiger partial charge on any atom is -0.250 e. The first-order valence-electron chi connectivity index (χ1n) is 6.15. The van der Waals surface area contributed by atoms with Gasteiger partial charge in [0.1, 0.15) is 0 Å². The molecule has 0 aliphatic rings. The number of hydrogen-bond donors (Lipinski definition) is 0. The summed E-state index contributed by atoms with van der Waals surface area (Å²) in [6, 6.07) is 0. The van der Waals surface area contributed by atoms with E-state index < -0.39 is 0 Å². The summed E-state index contributed by atoms with van der Waals surface area (Å²) in [5.41, 5.74) is 5.56. The SMILES string of the molecule is CCc1c(C)nn(-c2c(CCl)c(C)nn2C)c1C. The van der Waals surface area contributed by atoms with Gasteiger partial charge in [0.2, 0.25) is 0 Å². The quantitative estimate of drug-likeness (QED) is 0.801. The minimum atomic E-state index is 0.453. The van der Waals surface area contributed by atoms with Crippen LogP contribution < -0.4 is 0 Å². The molecule has 18 heavy (non-hydrogen) atoms. The topological polar surface area (TPSA) is 35.6 Å². The number of halogens is 1. The van der Waals surface area contributed by atoms with Gasteiger partial charge in [0.15, 0.2) is 5.82 Å². The molecular formula is C13H19ClN4. The van der Waals surface area contributed by atoms with Crippen LogP contribution in [0.25, 0.3) is 5.82 Å². The van der Waals surface area contributed by atoms with Gasteiger partial charge in [-0.05, 0) is 32.8 Å². The van der Waals surface area contributed by atoms with Crippen LogP contribution >= 0.6 is 11.6 Å². The average molecular weight is 267 g/mol. The van der Waals surface area contributed by atoms with Crippen LogP contribution in [0.15, 0.2) is 0 Å². The molecule has 98 valence electrons. The Morgan fingerprint density at radius 3 is 2.17 bits per heavy atom. The van der Waals surface area contributed by atoms with Crippen molar-refractivity contribution in [1.82, 2.24) is 19.6 Å². The molecule has 0 N–H and O–H groups in total. The van der Waals surface area contributed by atoms with Crippen LogP contribution in [-0.2, 0) is 19.3 Å². The van der Waals surface area contributed by atoms with Crippen molar-refractivity contribution in [3.8, 4) is 5.82 Å². The van der Waals surface area contributed by atoms with Gasteiger partial charge in [0, 0.05) is 18.3 Å². The number of alkyl halides is 1. The maximum absolute atomic E-state index is 6.04. The molecule has 0 saturated heterocycles. The Hall–Kier alpha value is -1.29. The lowest BCUT2D eigenvalue weighted by Crippen LogP contribution is -2.08. The number of rotatable bonds is 3. The third-order valence-corrected chi connectivity index (χ3v) is 3.71. The molecule has 0 unspecified atom stereocenters. The van der Waals surface area contributed by atoms with Crippen LogP contribution in [0.5, 0.6) is 0 Å². The van der Waals surface area contributed by atoms with Crippen molar-refractivity contribution in [1.29, 1.82) is 0 Å². The highest BCUT2D eigenvalue weighted by atomic mass is 35.5. The van der Waals surface area contributed by atoms with Gasteiger partial charge in [-0.3, -0.25) is 4.68 Å². The molecule has 0 saturated carbocycles. The monoisotopic (exact) mass is 266 g/mol. The molecular weight excluding hydrogens is 248 g/mol. The molecule has 0 fully saturated rings. The van der Waals surface area contributed by atoms with E-state index in [0.29, 0.717) is 5.88 Å². The first kappa shape index (κ1) is 13.1. The summed E-state index contributed by atoms with van der Waals surface area (Å²) in [5.74, 6) is 1.43. The Labute approximate surface area is 113 Å². The Morgan fingerprint density at radius 1 is 1.06 bits per heavy atom. The fraction of sp³-hybridized carbons (Fsp3) is 0.538. The van der Waals surface area contributed by atoms with Crippen molar-refractivity contribution in [2.45, 2.75) is 40.0 Å². The number of hydrogen-bond acceptors (Lipinski definition) is 2. The Balaban J connectivity index is 2.69. The number of nitrogens with zero attached hydrogens (tertiary/aromatic N) is 4. The van der Waals surface area contributed by atoms with Gasteiger partial charge in [-0.1, -0.05) is 6.92 Å². The van der Waals surface area contributed by atoms with Gasteiger partial charge in [-0.2, -0.15) is 10.2 Å². The summed E-state index contributed by atoms with van der Waals surface area (Å²) in [5, 5.41) is 9.07. The van der Waals surface area contributed by atoms with Crippen molar-refractivity contribution < 1.29 is 0 Å². The Bertz CT molecular complexity index is 580. The van der Waals surface area contributed by atoms with Crippen molar-refractivity contribution in [2.75, 3.05) is 0 Å². The third-order valence-electron chi connectivity index (χ3n) is 3.44. The van der Waals surface area contributed by atoms with Gasteiger partial charge < -0.3 is 0 Å². The maximum Gasteiger partial charge on any atom is 0.156 e. The highest BCUT2D eigenvalue weighted by Crippen LogP contribution is 2.23. The van der Waals surface area contributed by atoms with E-state index in [-0.39, 0.29) is 0 Å². The maximum atomic E-state index is 6.04. The fourth-order valence-electron chi connectivity index (χ4n) is 2.50. The molecule has 0 atom stereocenters. The van der Waals surface area contributed by atoms with Crippen LogP contribution in [0, 0.1) is 20.8 Å². The van der Waals surface area contributed by atoms with Gasteiger partial charge in [-0.15, -0.1) is 11.6 Å². The molecule has 0 spiro atoms. The Kier molecular flexibility index (Phi) is 3.48. The van der Waals surface area contributed by atoms with E-state index in [1.165, 1.54) is 11.3 Å². The summed E-state index contributed by atoms with van der Waals surface area (Å²) in [7, 11) is 1.93. The molecule has 0 aliphatic carbocycles.